The highest BCUT2D eigenvalue weighted by Gasteiger charge is 1.79. The molecular weight excluding hydrogens is 112 g/mol. The largest absolute Gasteiger partial charge is 0.308 e. The van der Waals surface area contributed by atoms with Gasteiger partial charge >= 0.3 is 0 Å². The number of hydrogen-bond acceptors (Lipinski definition) is 2. The number of nitrogens with one attached hydrogen (secondary N) is 1. The number of aliphatic imine (C=N–C) groups is 1. The smallest absolute Gasteiger partial charge is 0.0416 e. The van der Waals surface area contributed by atoms with E-state index in [9.17, 15) is 0 Å². The quantitative estimate of drug-likeness (QED) is 0.437. The summed E-state index contributed by atoms with van der Waals surface area (Å²) in [6.45, 7) is 6.00. The SMILES string of the molecule is C=NCC/C=C(\C)C=N. The first kappa shape index (κ1) is 8.08. The van der Waals surface area contributed by atoms with Crippen molar-refractivity contribution in [3.8, 4) is 0 Å². The summed E-state index contributed by atoms with van der Waals surface area (Å²) in [4.78, 5) is 3.67. The Bertz CT molecular complexity index is 125. The van der Waals surface area contributed by atoms with Crippen LogP contribution in [-0.2, 0) is 0 Å². The molecule has 2 heteroatoms. The zero-order valence-corrected chi connectivity index (χ0v) is 5.72. The monoisotopic (exact) mass is 124 g/mol. The Labute approximate surface area is 55.8 Å². The molecule has 0 aliphatic carbocycles. The average Bonchev–Trinajstić information content (AvgIpc) is 1.89. The van der Waals surface area contributed by atoms with Gasteiger partial charge in [-0.25, -0.2) is 0 Å². The lowest BCUT2D eigenvalue weighted by molar-refractivity contribution is 1.01. The highest BCUT2D eigenvalue weighted by atomic mass is 14.7. The van der Waals surface area contributed by atoms with Gasteiger partial charge in [0.05, 0.1) is 0 Å². The molecule has 0 bridgehead atoms. The van der Waals surface area contributed by atoms with Gasteiger partial charge in [-0.1, -0.05) is 6.08 Å². The van der Waals surface area contributed by atoms with E-state index in [-0.39, 0.29) is 0 Å². The molecule has 1 N–H and O–H groups in total. The molecule has 0 aliphatic rings. The molecule has 0 saturated carbocycles. The van der Waals surface area contributed by atoms with Crippen LogP contribution < -0.4 is 0 Å². The first-order chi connectivity index (χ1) is 4.31. The topological polar surface area (TPSA) is 36.2 Å². The van der Waals surface area contributed by atoms with Crippen LogP contribution in [0.25, 0.3) is 0 Å². The first-order valence-electron chi connectivity index (χ1n) is 2.91. The minimum Gasteiger partial charge on any atom is -0.308 e. The third kappa shape index (κ3) is 4.94. The molecule has 0 aromatic heterocycles. The molecule has 0 aromatic carbocycles. The second-order valence-corrected chi connectivity index (χ2v) is 1.83. The third-order valence-electron chi connectivity index (χ3n) is 0.981. The Morgan fingerprint density at radius 2 is 2.44 bits per heavy atom. The van der Waals surface area contributed by atoms with Gasteiger partial charge in [-0.15, -0.1) is 0 Å². The van der Waals surface area contributed by atoms with Crippen molar-refractivity contribution in [3.05, 3.63) is 11.6 Å². The van der Waals surface area contributed by atoms with E-state index in [1.807, 2.05) is 13.0 Å². The maximum Gasteiger partial charge on any atom is 0.0416 e. The second-order valence-electron chi connectivity index (χ2n) is 1.83. The van der Waals surface area contributed by atoms with Crippen molar-refractivity contribution in [2.75, 3.05) is 6.54 Å². The molecule has 9 heavy (non-hydrogen) atoms. The fourth-order valence-electron chi connectivity index (χ4n) is 0.442. The van der Waals surface area contributed by atoms with Gasteiger partial charge in [0.25, 0.3) is 0 Å². The zero-order valence-electron chi connectivity index (χ0n) is 5.72. The van der Waals surface area contributed by atoms with Gasteiger partial charge in [0.1, 0.15) is 0 Å². The molecule has 0 saturated heterocycles. The molecule has 0 heterocycles. The number of allylic oxidation sites excluding steroid dienone is 1. The minimum absolute atomic E-state index is 0.755. The summed E-state index contributed by atoms with van der Waals surface area (Å²) in [7, 11) is 0. The summed E-state index contributed by atoms with van der Waals surface area (Å²) in [6.07, 6.45) is 4.20. The van der Waals surface area contributed by atoms with Crippen molar-refractivity contribution in [2.24, 2.45) is 4.99 Å². The normalized spacial score (nSPS) is 11.0. The third-order valence-corrected chi connectivity index (χ3v) is 0.981. The standard InChI is InChI=1S/C7H12N2/c1-7(6-8)4-3-5-9-2/h4,6,8H,2-3,5H2,1H3/b7-4+,8-6?. The van der Waals surface area contributed by atoms with Crippen LogP contribution in [0.3, 0.4) is 0 Å². The molecule has 0 rings (SSSR count). The number of rotatable bonds is 4. The second kappa shape index (κ2) is 5.22. The molecule has 0 amide bonds. The number of nitrogens with zero attached hydrogens (tertiary/aromatic N) is 1. The number of hydrogen-bond donors (Lipinski definition) is 1. The summed E-state index contributed by atoms with van der Waals surface area (Å²) in [5.74, 6) is 0. The van der Waals surface area contributed by atoms with Crippen LogP contribution in [0.2, 0.25) is 0 Å². The Balaban J connectivity index is 3.42. The Kier molecular flexibility index (Phi) is 4.69. The molecule has 0 aliphatic heterocycles. The fraction of sp³-hybridized carbons (Fsp3) is 0.429. The molecule has 0 aromatic rings. The van der Waals surface area contributed by atoms with Crippen molar-refractivity contribution < 1.29 is 0 Å². The Hall–Kier alpha value is -0.920. The summed E-state index contributed by atoms with van der Waals surface area (Å²) in [6, 6.07) is 0. The lowest BCUT2D eigenvalue weighted by atomic mass is 10.2. The molecule has 0 unspecified atom stereocenters. The minimum atomic E-state index is 0.755. The van der Waals surface area contributed by atoms with Crippen LogP contribution >= 0.6 is 0 Å². The van der Waals surface area contributed by atoms with Gasteiger partial charge in [0.2, 0.25) is 0 Å². The van der Waals surface area contributed by atoms with E-state index in [2.05, 4.69) is 11.7 Å². The molecule has 0 fully saturated rings. The average molecular weight is 124 g/mol. The van der Waals surface area contributed by atoms with E-state index >= 15 is 0 Å². The zero-order chi connectivity index (χ0) is 7.11. The summed E-state index contributed by atoms with van der Waals surface area (Å²) >= 11 is 0. The Morgan fingerprint density at radius 3 is 2.89 bits per heavy atom. The van der Waals surface area contributed by atoms with E-state index in [1.165, 1.54) is 6.21 Å². The van der Waals surface area contributed by atoms with E-state index in [0.717, 1.165) is 18.5 Å². The maximum atomic E-state index is 6.80. The predicted molar refractivity (Wildman–Crippen MR) is 41.6 cm³/mol. The van der Waals surface area contributed by atoms with Crippen molar-refractivity contribution in [2.45, 2.75) is 13.3 Å². The van der Waals surface area contributed by atoms with Gasteiger partial charge in [-0.05, 0) is 25.6 Å². The molecule has 0 atom stereocenters. The van der Waals surface area contributed by atoms with Crippen LogP contribution in [0.15, 0.2) is 16.6 Å². The first-order valence-corrected chi connectivity index (χ1v) is 2.91. The van der Waals surface area contributed by atoms with Crippen LogP contribution in [0.5, 0.6) is 0 Å². The summed E-state index contributed by atoms with van der Waals surface area (Å²) in [5.41, 5.74) is 0.985. The van der Waals surface area contributed by atoms with Crippen LogP contribution in [0.4, 0.5) is 0 Å². The van der Waals surface area contributed by atoms with E-state index in [4.69, 9.17) is 5.41 Å². The van der Waals surface area contributed by atoms with Crippen molar-refractivity contribution >= 4 is 12.9 Å². The molecule has 50 valence electrons. The maximum absolute atomic E-state index is 6.80. The van der Waals surface area contributed by atoms with Crippen LogP contribution in [0.1, 0.15) is 13.3 Å². The molecular formula is C7H12N2. The van der Waals surface area contributed by atoms with E-state index in [0.29, 0.717) is 0 Å². The van der Waals surface area contributed by atoms with Crippen LogP contribution in [-0.4, -0.2) is 19.5 Å². The van der Waals surface area contributed by atoms with E-state index in [1.54, 1.807) is 0 Å². The van der Waals surface area contributed by atoms with Crippen molar-refractivity contribution in [1.29, 1.82) is 5.41 Å². The van der Waals surface area contributed by atoms with Gasteiger partial charge in [0.15, 0.2) is 0 Å². The van der Waals surface area contributed by atoms with Gasteiger partial charge in [-0.3, -0.25) is 0 Å². The Morgan fingerprint density at radius 1 is 1.78 bits per heavy atom. The predicted octanol–water partition coefficient (Wildman–Crippen LogP) is 1.67. The lowest BCUT2D eigenvalue weighted by Gasteiger charge is -1.87. The molecule has 0 spiro atoms. The van der Waals surface area contributed by atoms with Crippen molar-refractivity contribution in [1.82, 2.24) is 0 Å². The summed E-state index contributed by atoms with van der Waals surface area (Å²) in [5, 5.41) is 6.80. The van der Waals surface area contributed by atoms with Gasteiger partial charge < -0.3 is 10.4 Å². The van der Waals surface area contributed by atoms with Gasteiger partial charge in [-0.2, -0.15) is 0 Å². The highest BCUT2D eigenvalue weighted by molar-refractivity contribution is 5.74. The molecule has 0 radical (unpaired) electrons. The van der Waals surface area contributed by atoms with Crippen molar-refractivity contribution in [3.63, 3.8) is 0 Å². The van der Waals surface area contributed by atoms with Gasteiger partial charge in [0, 0.05) is 12.8 Å². The van der Waals surface area contributed by atoms with E-state index < -0.39 is 0 Å². The van der Waals surface area contributed by atoms with Crippen LogP contribution in [0, 0.1) is 5.41 Å². The lowest BCUT2D eigenvalue weighted by Crippen LogP contribution is -1.78. The highest BCUT2D eigenvalue weighted by Crippen LogP contribution is 1.90. The fourth-order valence-corrected chi connectivity index (χ4v) is 0.442. The summed E-state index contributed by atoms with van der Waals surface area (Å²) < 4.78 is 0. The molecule has 2 nitrogen and oxygen atoms in total.